The zero-order chi connectivity index (χ0) is 23.9. The third-order valence-corrected chi connectivity index (χ3v) is 5.91. The van der Waals surface area contributed by atoms with Crippen molar-refractivity contribution >= 4 is 23.4 Å². The average molecular weight is 460 g/mol. The number of carbonyl (C=O) groups excluding carboxylic acids is 1. The van der Waals surface area contributed by atoms with Crippen LogP contribution in [0.15, 0.2) is 54.6 Å². The van der Waals surface area contributed by atoms with Crippen molar-refractivity contribution in [3.05, 3.63) is 71.4 Å². The maximum atomic E-state index is 13.0. The molecule has 0 aliphatic carbocycles. The number of rotatable bonds is 8. The maximum Gasteiger partial charge on any atom is 0.253 e. The molecule has 7 nitrogen and oxygen atoms in total. The molecule has 4 rings (SSSR count). The van der Waals surface area contributed by atoms with Gasteiger partial charge in [-0.05, 0) is 56.7 Å². The van der Waals surface area contributed by atoms with E-state index in [1.165, 1.54) is 5.56 Å². The van der Waals surface area contributed by atoms with Crippen molar-refractivity contribution < 1.29 is 9.53 Å². The third kappa shape index (κ3) is 6.04. The number of aromatic nitrogens is 2. The molecule has 0 atom stereocenters. The Balaban J connectivity index is 1.35. The van der Waals surface area contributed by atoms with Crippen LogP contribution in [0.5, 0.6) is 5.75 Å². The van der Waals surface area contributed by atoms with E-state index in [2.05, 4.69) is 41.2 Å². The third-order valence-electron chi connectivity index (χ3n) is 5.91. The molecule has 1 saturated heterocycles. The number of hydrogen-bond acceptors (Lipinski definition) is 6. The minimum Gasteiger partial charge on any atom is -0.494 e. The van der Waals surface area contributed by atoms with Gasteiger partial charge in [-0.15, -0.1) is 0 Å². The zero-order valence-electron chi connectivity index (χ0n) is 20.3. The highest BCUT2D eigenvalue weighted by Gasteiger charge is 2.23. The highest BCUT2D eigenvalue weighted by molar-refractivity contribution is 5.94. The molecule has 1 aliphatic rings. The number of nitrogens with zero attached hydrogens (tertiary/aromatic N) is 4. The molecular formula is C27H33N5O2. The molecule has 0 radical (unpaired) electrons. The standard InChI is InChI=1S/C27H33N5O2/c1-4-5-18-34-24-12-8-22(9-13-24)26(33)32-16-14-31(15-17-32)25-19-21(3)28-27(30-25)29-23-10-6-20(2)7-11-23/h6-13,19H,4-5,14-18H2,1-3H3,(H,28,29,30). The molecule has 2 aromatic carbocycles. The van der Waals surface area contributed by atoms with Crippen molar-refractivity contribution in [2.24, 2.45) is 0 Å². The van der Waals surface area contributed by atoms with Gasteiger partial charge >= 0.3 is 0 Å². The highest BCUT2D eigenvalue weighted by atomic mass is 16.5. The van der Waals surface area contributed by atoms with E-state index in [9.17, 15) is 4.79 Å². The van der Waals surface area contributed by atoms with Crippen molar-refractivity contribution in [1.82, 2.24) is 14.9 Å². The SMILES string of the molecule is CCCCOc1ccc(C(=O)N2CCN(c3cc(C)nc(Nc4ccc(C)cc4)n3)CC2)cc1. The maximum absolute atomic E-state index is 13.0. The van der Waals surface area contributed by atoms with Crippen LogP contribution in [0, 0.1) is 13.8 Å². The largest absolute Gasteiger partial charge is 0.494 e. The average Bonchev–Trinajstić information content (AvgIpc) is 2.85. The Labute approximate surface area is 201 Å². The summed E-state index contributed by atoms with van der Waals surface area (Å²) in [6, 6.07) is 17.6. The second kappa shape index (κ2) is 11.0. The minimum absolute atomic E-state index is 0.0559. The van der Waals surface area contributed by atoms with Crippen molar-refractivity contribution in [2.75, 3.05) is 43.0 Å². The van der Waals surface area contributed by atoms with Gasteiger partial charge in [0.05, 0.1) is 6.61 Å². The fourth-order valence-electron chi connectivity index (χ4n) is 3.89. The van der Waals surface area contributed by atoms with E-state index in [0.717, 1.165) is 48.9 Å². The van der Waals surface area contributed by atoms with E-state index in [1.54, 1.807) is 0 Å². The normalized spacial score (nSPS) is 13.6. The summed E-state index contributed by atoms with van der Waals surface area (Å²) in [4.78, 5) is 26.4. The van der Waals surface area contributed by atoms with Gasteiger partial charge in [-0.3, -0.25) is 4.79 Å². The Morgan fingerprint density at radius 2 is 1.68 bits per heavy atom. The second-order valence-corrected chi connectivity index (χ2v) is 8.69. The Morgan fingerprint density at radius 3 is 2.35 bits per heavy atom. The fraction of sp³-hybridized carbons (Fsp3) is 0.370. The Bertz CT molecular complexity index is 1090. The molecule has 1 N–H and O–H groups in total. The molecule has 1 fully saturated rings. The molecule has 1 amide bonds. The van der Waals surface area contributed by atoms with Crippen LogP contribution in [0.25, 0.3) is 0 Å². The van der Waals surface area contributed by atoms with Crippen molar-refractivity contribution in [3.8, 4) is 5.75 Å². The summed E-state index contributed by atoms with van der Waals surface area (Å²) in [5.41, 5.74) is 3.76. The second-order valence-electron chi connectivity index (χ2n) is 8.69. The minimum atomic E-state index is 0.0559. The van der Waals surface area contributed by atoms with E-state index in [1.807, 2.05) is 54.3 Å². The number of ether oxygens (including phenoxy) is 1. The number of nitrogens with one attached hydrogen (secondary N) is 1. The quantitative estimate of drug-likeness (QED) is 0.479. The number of hydrogen-bond donors (Lipinski definition) is 1. The topological polar surface area (TPSA) is 70.6 Å². The first kappa shape index (κ1) is 23.5. The van der Waals surface area contributed by atoms with E-state index < -0.39 is 0 Å². The number of carbonyl (C=O) groups is 1. The number of aryl methyl sites for hydroxylation is 2. The van der Waals surface area contributed by atoms with Gasteiger partial charge in [-0.1, -0.05) is 31.0 Å². The first-order valence-corrected chi connectivity index (χ1v) is 12.0. The molecule has 0 spiro atoms. The summed E-state index contributed by atoms with van der Waals surface area (Å²) in [6.07, 6.45) is 2.13. The Kier molecular flexibility index (Phi) is 7.62. The summed E-state index contributed by atoms with van der Waals surface area (Å²) in [7, 11) is 0. The van der Waals surface area contributed by atoms with E-state index >= 15 is 0 Å². The van der Waals surface area contributed by atoms with Gasteiger partial charge in [0.15, 0.2) is 0 Å². The summed E-state index contributed by atoms with van der Waals surface area (Å²) in [5.74, 6) is 2.32. The van der Waals surface area contributed by atoms with Crippen LogP contribution >= 0.6 is 0 Å². The van der Waals surface area contributed by atoms with Crippen LogP contribution in [0.1, 0.15) is 41.4 Å². The number of benzene rings is 2. The monoisotopic (exact) mass is 459 g/mol. The van der Waals surface area contributed by atoms with E-state index in [4.69, 9.17) is 9.72 Å². The summed E-state index contributed by atoms with van der Waals surface area (Å²) >= 11 is 0. The van der Waals surface area contributed by atoms with Gasteiger partial charge in [0.25, 0.3) is 5.91 Å². The molecule has 2 heterocycles. The van der Waals surface area contributed by atoms with Crippen molar-refractivity contribution in [3.63, 3.8) is 0 Å². The first-order valence-electron chi connectivity index (χ1n) is 12.0. The predicted octanol–water partition coefficient (Wildman–Crippen LogP) is 4.98. The molecule has 0 unspecified atom stereocenters. The van der Waals surface area contributed by atoms with Gasteiger partial charge in [0.2, 0.25) is 5.95 Å². The lowest BCUT2D eigenvalue weighted by molar-refractivity contribution is 0.0746. The molecular weight excluding hydrogens is 426 g/mol. The van der Waals surface area contributed by atoms with Gasteiger partial charge in [0, 0.05) is 49.2 Å². The molecule has 3 aromatic rings. The van der Waals surface area contributed by atoms with Crippen LogP contribution in [-0.2, 0) is 0 Å². The number of amides is 1. The predicted molar refractivity (Wildman–Crippen MR) is 136 cm³/mol. The van der Waals surface area contributed by atoms with Gasteiger partial charge in [-0.25, -0.2) is 4.98 Å². The lowest BCUT2D eigenvalue weighted by atomic mass is 10.1. The Hall–Kier alpha value is -3.61. The summed E-state index contributed by atoms with van der Waals surface area (Å²) < 4.78 is 5.70. The van der Waals surface area contributed by atoms with Crippen molar-refractivity contribution in [2.45, 2.75) is 33.6 Å². The molecule has 1 aliphatic heterocycles. The lowest BCUT2D eigenvalue weighted by Crippen LogP contribution is -2.49. The first-order chi connectivity index (χ1) is 16.5. The molecule has 178 valence electrons. The molecule has 0 saturated carbocycles. The van der Waals surface area contributed by atoms with Crippen LogP contribution in [0.4, 0.5) is 17.5 Å². The lowest BCUT2D eigenvalue weighted by Gasteiger charge is -2.35. The fourth-order valence-corrected chi connectivity index (χ4v) is 3.89. The van der Waals surface area contributed by atoms with Gasteiger partial charge < -0.3 is 19.9 Å². The van der Waals surface area contributed by atoms with Crippen LogP contribution in [0.3, 0.4) is 0 Å². The highest BCUT2D eigenvalue weighted by Crippen LogP contribution is 2.21. The number of anilines is 3. The van der Waals surface area contributed by atoms with Crippen LogP contribution < -0.4 is 15.0 Å². The zero-order valence-corrected chi connectivity index (χ0v) is 20.3. The number of piperazine rings is 1. The smallest absolute Gasteiger partial charge is 0.253 e. The molecule has 1 aromatic heterocycles. The van der Waals surface area contributed by atoms with Crippen LogP contribution in [-0.4, -0.2) is 53.6 Å². The van der Waals surface area contributed by atoms with Gasteiger partial charge in [0.1, 0.15) is 11.6 Å². The van der Waals surface area contributed by atoms with E-state index in [0.29, 0.717) is 31.2 Å². The number of unbranched alkanes of at least 4 members (excludes halogenated alkanes) is 1. The van der Waals surface area contributed by atoms with E-state index in [-0.39, 0.29) is 5.91 Å². The van der Waals surface area contributed by atoms with Gasteiger partial charge in [-0.2, -0.15) is 4.98 Å². The molecule has 0 bridgehead atoms. The molecule has 34 heavy (non-hydrogen) atoms. The Morgan fingerprint density at radius 1 is 0.971 bits per heavy atom. The summed E-state index contributed by atoms with van der Waals surface area (Å²) in [5, 5.41) is 3.30. The van der Waals surface area contributed by atoms with Crippen molar-refractivity contribution in [1.29, 1.82) is 0 Å². The summed E-state index contributed by atoms with van der Waals surface area (Å²) in [6.45, 7) is 9.63. The molecule has 7 heteroatoms. The van der Waals surface area contributed by atoms with Crippen LogP contribution in [0.2, 0.25) is 0 Å².